The molecular weight excluding hydrogens is 204 g/mol. The first-order valence-electron chi connectivity index (χ1n) is 5.05. The van der Waals surface area contributed by atoms with Crippen molar-refractivity contribution in [2.45, 2.75) is 13.0 Å². The monoisotopic (exact) mass is 218 g/mol. The molecule has 2 aromatic rings. The van der Waals surface area contributed by atoms with E-state index >= 15 is 0 Å². The van der Waals surface area contributed by atoms with Gasteiger partial charge in [0.2, 0.25) is 0 Å². The number of nitrogens with two attached hydrogens (primary N) is 2. The number of hydrogen-bond donors (Lipinski definition) is 2. The molecule has 0 bridgehead atoms. The highest BCUT2D eigenvalue weighted by atomic mass is 16.5. The number of rotatable bonds is 3. The molecule has 2 rings (SSSR count). The summed E-state index contributed by atoms with van der Waals surface area (Å²) in [5.41, 5.74) is 12.0. The minimum Gasteiger partial charge on any atom is -0.491 e. The molecule has 84 valence electrons. The van der Waals surface area contributed by atoms with Crippen LogP contribution in [0.4, 0.5) is 5.82 Å². The third kappa shape index (κ3) is 2.20. The third-order valence-corrected chi connectivity index (χ3v) is 2.11. The van der Waals surface area contributed by atoms with Crippen molar-refractivity contribution in [2.24, 2.45) is 5.73 Å². The standard InChI is InChI=1S/C11H14N4O/c1-7(12)6-16-10-2-3-14-9-5-15-11(13)4-8(9)10/h2-5,7H,6,12H2,1H3,(H2,13,15). The lowest BCUT2D eigenvalue weighted by Crippen LogP contribution is -2.23. The topological polar surface area (TPSA) is 87.0 Å². The number of ether oxygens (including phenoxy) is 1. The first-order valence-corrected chi connectivity index (χ1v) is 5.05. The Morgan fingerprint density at radius 2 is 2.25 bits per heavy atom. The van der Waals surface area contributed by atoms with Gasteiger partial charge in [-0.2, -0.15) is 0 Å². The summed E-state index contributed by atoms with van der Waals surface area (Å²) in [6, 6.07) is 3.53. The van der Waals surface area contributed by atoms with Crippen molar-refractivity contribution >= 4 is 16.7 Å². The third-order valence-electron chi connectivity index (χ3n) is 2.11. The maximum Gasteiger partial charge on any atom is 0.130 e. The largest absolute Gasteiger partial charge is 0.491 e. The minimum absolute atomic E-state index is 0.0117. The summed E-state index contributed by atoms with van der Waals surface area (Å²) in [6.07, 6.45) is 3.31. The van der Waals surface area contributed by atoms with Crippen molar-refractivity contribution in [3.8, 4) is 5.75 Å². The van der Waals surface area contributed by atoms with Gasteiger partial charge in [-0.15, -0.1) is 0 Å². The van der Waals surface area contributed by atoms with Crippen LogP contribution in [0.3, 0.4) is 0 Å². The molecule has 0 saturated heterocycles. The average Bonchev–Trinajstić information content (AvgIpc) is 2.26. The number of fused-ring (bicyclic) bond motifs is 1. The van der Waals surface area contributed by atoms with Crippen LogP contribution in [0.25, 0.3) is 10.9 Å². The van der Waals surface area contributed by atoms with E-state index < -0.39 is 0 Å². The van der Waals surface area contributed by atoms with E-state index in [2.05, 4.69) is 9.97 Å². The molecule has 1 unspecified atom stereocenters. The predicted octanol–water partition coefficient (Wildman–Crippen LogP) is 0.938. The van der Waals surface area contributed by atoms with E-state index in [0.29, 0.717) is 12.4 Å². The van der Waals surface area contributed by atoms with Crippen molar-refractivity contribution in [2.75, 3.05) is 12.3 Å². The van der Waals surface area contributed by atoms with Gasteiger partial charge in [0, 0.05) is 17.6 Å². The van der Waals surface area contributed by atoms with Crippen LogP contribution in [-0.2, 0) is 0 Å². The summed E-state index contributed by atoms with van der Waals surface area (Å²) in [4.78, 5) is 8.16. The van der Waals surface area contributed by atoms with Crippen molar-refractivity contribution in [1.29, 1.82) is 0 Å². The average molecular weight is 218 g/mol. The van der Waals surface area contributed by atoms with Gasteiger partial charge in [-0.3, -0.25) is 4.98 Å². The van der Waals surface area contributed by atoms with Gasteiger partial charge in [-0.1, -0.05) is 0 Å². The smallest absolute Gasteiger partial charge is 0.130 e. The molecule has 2 aromatic heterocycles. The van der Waals surface area contributed by atoms with Gasteiger partial charge in [-0.25, -0.2) is 4.98 Å². The van der Waals surface area contributed by atoms with Gasteiger partial charge in [0.1, 0.15) is 18.2 Å². The van der Waals surface area contributed by atoms with Crippen molar-refractivity contribution in [3.05, 3.63) is 24.5 Å². The Bertz CT molecular complexity index is 498. The summed E-state index contributed by atoms with van der Waals surface area (Å²) >= 11 is 0. The second kappa shape index (κ2) is 4.32. The number of aromatic nitrogens is 2. The second-order valence-corrected chi connectivity index (χ2v) is 3.72. The lowest BCUT2D eigenvalue weighted by Gasteiger charge is -2.10. The summed E-state index contributed by atoms with van der Waals surface area (Å²) in [5.74, 6) is 1.18. The van der Waals surface area contributed by atoms with Crippen LogP contribution in [0, 0.1) is 0 Å². The molecule has 0 aromatic carbocycles. The normalized spacial score (nSPS) is 12.6. The molecule has 0 aliphatic carbocycles. The zero-order chi connectivity index (χ0) is 11.5. The molecule has 0 spiro atoms. The maximum absolute atomic E-state index is 5.64. The van der Waals surface area contributed by atoms with Gasteiger partial charge in [-0.05, 0) is 19.1 Å². The molecule has 0 amide bonds. The second-order valence-electron chi connectivity index (χ2n) is 3.72. The number of anilines is 1. The molecule has 0 saturated carbocycles. The van der Waals surface area contributed by atoms with E-state index in [1.807, 2.05) is 6.92 Å². The van der Waals surface area contributed by atoms with Crippen LogP contribution in [0.15, 0.2) is 24.5 Å². The van der Waals surface area contributed by atoms with Crippen molar-refractivity contribution in [1.82, 2.24) is 9.97 Å². The highest BCUT2D eigenvalue weighted by molar-refractivity contribution is 5.85. The van der Waals surface area contributed by atoms with Gasteiger partial charge in [0.25, 0.3) is 0 Å². The molecular formula is C11H14N4O. The summed E-state index contributed by atoms with van der Waals surface area (Å²) in [7, 11) is 0. The molecule has 16 heavy (non-hydrogen) atoms. The predicted molar refractivity (Wildman–Crippen MR) is 63.1 cm³/mol. The van der Waals surface area contributed by atoms with Gasteiger partial charge < -0.3 is 16.2 Å². The van der Waals surface area contributed by atoms with Crippen molar-refractivity contribution in [3.63, 3.8) is 0 Å². The van der Waals surface area contributed by atoms with Gasteiger partial charge in [0.05, 0.1) is 11.7 Å². The van der Waals surface area contributed by atoms with Crippen LogP contribution >= 0.6 is 0 Å². The number of nitrogen functional groups attached to an aromatic ring is 1. The fourth-order valence-corrected chi connectivity index (χ4v) is 1.39. The van der Waals surface area contributed by atoms with Crippen LogP contribution in [0.5, 0.6) is 5.75 Å². The first kappa shape index (κ1) is 10.6. The Hall–Kier alpha value is -1.88. The Morgan fingerprint density at radius 1 is 1.44 bits per heavy atom. The van der Waals surface area contributed by atoms with E-state index in [1.165, 1.54) is 0 Å². The molecule has 5 nitrogen and oxygen atoms in total. The lowest BCUT2D eigenvalue weighted by molar-refractivity contribution is 0.299. The van der Waals surface area contributed by atoms with Gasteiger partial charge in [0.15, 0.2) is 0 Å². The fraction of sp³-hybridized carbons (Fsp3) is 0.273. The Kier molecular flexibility index (Phi) is 2.87. The zero-order valence-electron chi connectivity index (χ0n) is 9.05. The van der Waals surface area contributed by atoms with E-state index in [4.69, 9.17) is 16.2 Å². The van der Waals surface area contributed by atoms with E-state index in [-0.39, 0.29) is 6.04 Å². The Labute approximate surface area is 93.4 Å². The number of hydrogen-bond acceptors (Lipinski definition) is 5. The van der Waals surface area contributed by atoms with Gasteiger partial charge >= 0.3 is 0 Å². The fourth-order valence-electron chi connectivity index (χ4n) is 1.39. The molecule has 1 atom stereocenters. The van der Waals surface area contributed by atoms with E-state index in [0.717, 1.165) is 16.7 Å². The minimum atomic E-state index is -0.0117. The summed E-state index contributed by atoms with van der Waals surface area (Å²) < 4.78 is 5.59. The Balaban J connectivity index is 2.40. The summed E-state index contributed by atoms with van der Waals surface area (Å²) in [6.45, 7) is 2.35. The number of pyridine rings is 2. The highest BCUT2D eigenvalue weighted by Crippen LogP contribution is 2.24. The Morgan fingerprint density at radius 3 is 3.00 bits per heavy atom. The van der Waals surface area contributed by atoms with Crippen LogP contribution < -0.4 is 16.2 Å². The van der Waals surface area contributed by atoms with Crippen LogP contribution in [-0.4, -0.2) is 22.6 Å². The van der Waals surface area contributed by atoms with E-state index in [1.54, 1.807) is 24.5 Å². The molecule has 0 aliphatic heterocycles. The molecule has 2 heterocycles. The number of nitrogens with zero attached hydrogens (tertiary/aromatic N) is 2. The molecule has 0 fully saturated rings. The van der Waals surface area contributed by atoms with Crippen LogP contribution in [0.1, 0.15) is 6.92 Å². The zero-order valence-corrected chi connectivity index (χ0v) is 9.05. The highest BCUT2D eigenvalue weighted by Gasteiger charge is 2.05. The molecule has 0 aliphatic rings. The molecule has 4 N–H and O–H groups in total. The lowest BCUT2D eigenvalue weighted by atomic mass is 10.2. The van der Waals surface area contributed by atoms with E-state index in [9.17, 15) is 0 Å². The van der Waals surface area contributed by atoms with Crippen molar-refractivity contribution < 1.29 is 4.74 Å². The summed E-state index contributed by atoms with van der Waals surface area (Å²) in [5, 5.41) is 0.857. The molecule has 0 radical (unpaired) electrons. The van der Waals surface area contributed by atoms with Crippen LogP contribution in [0.2, 0.25) is 0 Å². The first-order chi connectivity index (χ1) is 7.66. The quantitative estimate of drug-likeness (QED) is 0.800. The maximum atomic E-state index is 5.64. The molecule has 5 heteroatoms. The SMILES string of the molecule is CC(N)COc1ccnc2cnc(N)cc12.